The second kappa shape index (κ2) is 5.36. The summed E-state index contributed by atoms with van der Waals surface area (Å²) in [5.41, 5.74) is -3.32. The van der Waals surface area contributed by atoms with Crippen molar-refractivity contribution in [2.75, 3.05) is 13.2 Å². The molecule has 2 N–H and O–H groups in total. The molecule has 8 nitrogen and oxygen atoms in total. The summed E-state index contributed by atoms with van der Waals surface area (Å²) in [6, 6.07) is 0. The second-order valence-corrected chi connectivity index (χ2v) is 5.82. The van der Waals surface area contributed by atoms with Gasteiger partial charge in [0, 0.05) is 0 Å². The van der Waals surface area contributed by atoms with Crippen molar-refractivity contribution in [1.82, 2.24) is 19.5 Å². The fraction of sp³-hybridized carbons (Fsp3) is 0.643. The van der Waals surface area contributed by atoms with E-state index in [0.717, 1.165) is 0 Å². The molecule has 0 saturated carbocycles. The van der Waals surface area contributed by atoms with E-state index in [0.29, 0.717) is 23.7 Å². The Morgan fingerprint density at radius 1 is 1.39 bits per heavy atom. The van der Waals surface area contributed by atoms with Crippen LogP contribution in [-0.4, -0.2) is 60.3 Å². The number of nitrogens with zero attached hydrogens (tertiary/aromatic N) is 4. The molecule has 2 aromatic heterocycles. The number of aliphatic hydroxyl groups excluding tert-OH is 1. The molecule has 1 fully saturated rings. The van der Waals surface area contributed by atoms with Crippen LogP contribution in [0.5, 0.6) is 5.88 Å². The third-order valence-corrected chi connectivity index (χ3v) is 4.40. The van der Waals surface area contributed by atoms with E-state index in [1.807, 2.05) is 6.92 Å². The maximum absolute atomic E-state index is 15.2. The number of halogens is 1. The highest BCUT2D eigenvalue weighted by molar-refractivity contribution is 5.76. The molecule has 0 bridgehead atoms. The number of aromatic nitrogens is 4. The lowest BCUT2D eigenvalue weighted by molar-refractivity contribution is -0.0891. The molecule has 3 rings (SSSR count). The van der Waals surface area contributed by atoms with E-state index >= 15 is 4.39 Å². The molecule has 0 aromatic carbocycles. The van der Waals surface area contributed by atoms with Crippen molar-refractivity contribution in [1.29, 1.82) is 0 Å². The predicted molar refractivity (Wildman–Crippen MR) is 77.6 cm³/mol. The zero-order valence-corrected chi connectivity index (χ0v) is 13.1. The van der Waals surface area contributed by atoms with Gasteiger partial charge in [0.1, 0.15) is 18.0 Å². The van der Waals surface area contributed by atoms with Crippen LogP contribution >= 0.6 is 0 Å². The van der Waals surface area contributed by atoms with E-state index < -0.39 is 30.2 Å². The normalized spacial score (nSPS) is 34.2. The number of fused-ring (bicyclic) bond motifs is 1. The molecule has 3 heterocycles. The number of aliphatic hydroxyl groups is 2. The van der Waals surface area contributed by atoms with Gasteiger partial charge in [-0.2, -0.15) is 4.98 Å². The quantitative estimate of drug-likeness (QED) is 0.848. The summed E-state index contributed by atoms with van der Waals surface area (Å²) >= 11 is 0. The van der Waals surface area contributed by atoms with Crippen molar-refractivity contribution < 1.29 is 24.1 Å². The molecular weight excluding hydrogens is 307 g/mol. The van der Waals surface area contributed by atoms with E-state index in [2.05, 4.69) is 15.0 Å². The van der Waals surface area contributed by atoms with Gasteiger partial charge < -0.3 is 19.7 Å². The summed E-state index contributed by atoms with van der Waals surface area (Å²) in [6.07, 6.45) is 0.398. The lowest BCUT2D eigenvalue weighted by Crippen LogP contribution is -2.51. The SMILES string of the molecule is CCOc1ncnc2c1ncn2[C@H]1O[C@H](CO)[C@](C)(O)[C@@]1(C)F. The van der Waals surface area contributed by atoms with E-state index in [4.69, 9.17) is 9.47 Å². The Balaban J connectivity index is 2.09. The van der Waals surface area contributed by atoms with Gasteiger partial charge >= 0.3 is 0 Å². The Hall–Kier alpha value is -1.84. The highest BCUT2D eigenvalue weighted by atomic mass is 19.1. The molecule has 1 aliphatic heterocycles. The van der Waals surface area contributed by atoms with Crippen LogP contribution in [0, 0.1) is 0 Å². The zero-order chi connectivity index (χ0) is 16.8. The summed E-state index contributed by atoms with van der Waals surface area (Å²) in [6.45, 7) is 4.24. The standard InChI is InChI=1S/C14H19FN4O4/c1-4-22-11-9-10(16-6-17-11)19(7-18-9)12-13(2,15)14(3,21)8(5-20)23-12/h6-8,12,20-21H,4-5H2,1-3H3/t8-,12+,13+,14+/m1/s1. The van der Waals surface area contributed by atoms with Gasteiger partial charge in [-0.05, 0) is 20.8 Å². The van der Waals surface area contributed by atoms with Gasteiger partial charge in [0.2, 0.25) is 5.88 Å². The first-order valence-corrected chi connectivity index (χ1v) is 7.32. The number of rotatable bonds is 4. The van der Waals surface area contributed by atoms with Crippen LogP contribution in [0.15, 0.2) is 12.7 Å². The fourth-order valence-electron chi connectivity index (χ4n) is 2.77. The van der Waals surface area contributed by atoms with Crippen molar-refractivity contribution in [3.8, 4) is 5.88 Å². The first-order chi connectivity index (χ1) is 10.8. The van der Waals surface area contributed by atoms with Crippen LogP contribution in [0.3, 0.4) is 0 Å². The minimum absolute atomic E-state index is 0.292. The maximum atomic E-state index is 15.2. The molecule has 0 unspecified atom stereocenters. The average molecular weight is 326 g/mol. The van der Waals surface area contributed by atoms with Crippen LogP contribution in [0.1, 0.15) is 27.0 Å². The van der Waals surface area contributed by atoms with Crippen LogP contribution in [0.2, 0.25) is 0 Å². The maximum Gasteiger partial charge on any atom is 0.245 e. The highest BCUT2D eigenvalue weighted by Crippen LogP contribution is 2.48. The van der Waals surface area contributed by atoms with E-state index in [-0.39, 0.29) is 0 Å². The van der Waals surface area contributed by atoms with Crippen molar-refractivity contribution in [2.24, 2.45) is 0 Å². The minimum atomic E-state index is -2.16. The topological polar surface area (TPSA) is 103 Å². The lowest BCUT2D eigenvalue weighted by atomic mass is 9.85. The molecule has 0 amide bonds. The molecule has 23 heavy (non-hydrogen) atoms. The number of hydrogen-bond donors (Lipinski definition) is 2. The Morgan fingerprint density at radius 2 is 2.13 bits per heavy atom. The van der Waals surface area contributed by atoms with E-state index in [1.54, 1.807) is 0 Å². The largest absolute Gasteiger partial charge is 0.476 e. The summed E-state index contributed by atoms with van der Waals surface area (Å²) in [5.74, 6) is 0.292. The van der Waals surface area contributed by atoms with Gasteiger partial charge in [-0.25, -0.2) is 14.4 Å². The molecule has 126 valence electrons. The number of alkyl halides is 1. The Bertz CT molecular complexity index is 718. The molecule has 4 atom stereocenters. The Labute approximate surface area is 131 Å². The fourth-order valence-corrected chi connectivity index (χ4v) is 2.77. The van der Waals surface area contributed by atoms with Gasteiger partial charge in [0.15, 0.2) is 23.1 Å². The molecule has 2 aromatic rings. The van der Waals surface area contributed by atoms with Gasteiger partial charge in [-0.15, -0.1) is 0 Å². The lowest BCUT2D eigenvalue weighted by Gasteiger charge is -2.32. The Kier molecular flexibility index (Phi) is 3.74. The molecule has 9 heteroatoms. The first-order valence-electron chi connectivity index (χ1n) is 7.32. The molecular formula is C14H19FN4O4. The number of hydrogen-bond acceptors (Lipinski definition) is 7. The van der Waals surface area contributed by atoms with Crippen LogP contribution < -0.4 is 4.74 Å². The highest BCUT2D eigenvalue weighted by Gasteiger charge is 2.63. The summed E-state index contributed by atoms with van der Waals surface area (Å²) in [5, 5.41) is 19.8. The predicted octanol–water partition coefficient (Wildman–Crippen LogP) is 0.594. The van der Waals surface area contributed by atoms with Crippen LogP contribution in [0.25, 0.3) is 11.2 Å². The van der Waals surface area contributed by atoms with Crippen molar-refractivity contribution in [2.45, 2.75) is 44.4 Å². The average Bonchev–Trinajstić information content (AvgIpc) is 2.99. The van der Waals surface area contributed by atoms with Crippen LogP contribution in [-0.2, 0) is 4.74 Å². The summed E-state index contributed by atoms with van der Waals surface area (Å²) < 4.78 is 27.5. The number of imidazole rings is 1. The first kappa shape index (κ1) is 16.0. The molecule has 0 aliphatic carbocycles. The second-order valence-electron chi connectivity index (χ2n) is 5.82. The van der Waals surface area contributed by atoms with Gasteiger partial charge in [0.25, 0.3) is 0 Å². The van der Waals surface area contributed by atoms with Crippen molar-refractivity contribution >= 4 is 11.2 Å². The third kappa shape index (κ3) is 2.19. The van der Waals surface area contributed by atoms with Gasteiger partial charge in [-0.1, -0.05) is 0 Å². The Morgan fingerprint density at radius 3 is 2.74 bits per heavy atom. The zero-order valence-electron chi connectivity index (χ0n) is 13.1. The van der Waals surface area contributed by atoms with Crippen LogP contribution in [0.4, 0.5) is 4.39 Å². The third-order valence-electron chi connectivity index (χ3n) is 4.40. The smallest absolute Gasteiger partial charge is 0.245 e. The summed E-state index contributed by atoms with van der Waals surface area (Å²) in [4.78, 5) is 12.3. The van der Waals surface area contributed by atoms with Gasteiger partial charge in [0.05, 0.1) is 19.5 Å². The monoisotopic (exact) mass is 326 g/mol. The molecule has 0 radical (unpaired) electrons. The van der Waals surface area contributed by atoms with E-state index in [1.165, 1.54) is 31.1 Å². The molecule has 1 aliphatic rings. The van der Waals surface area contributed by atoms with E-state index in [9.17, 15) is 10.2 Å². The minimum Gasteiger partial charge on any atom is -0.476 e. The van der Waals surface area contributed by atoms with Gasteiger partial charge in [-0.3, -0.25) is 4.57 Å². The molecule has 0 spiro atoms. The summed E-state index contributed by atoms with van der Waals surface area (Å²) in [7, 11) is 0. The number of ether oxygens (including phenoxy) is 2. The van der Waals surface area contributed by atoms with Crippen molar-refractivity contribution in [3.63, 3.8) is 0 Å². The van der Waals surface area contributed by atoms with Crippen molar-refractivity contribution in [3.05, 3.63) is 12.7 Å². The molecule has 1 saturated heterocycles.